The van der Waals surface area contributed by atoms with Crippen molar-refractivity contribution in [2.45, 2.75) is 31.6 Å². The van der Waals surface area contributed by atoms with E-state index < -0.39 is 0 Å². The van der Waals surface area contributed by atoms with Crippen molar-refractivity contribution in [1.29, 1.82) is 0 Å². The molecule has 2 heterocycles. The van der Waals surface area contributed by atoms with E-state index in [0.29, 0.717) is 0 Å². The van der Waals surface area contributed by atoms with E-state index in [-0.39, 0.29) is 0 Å². The van der Waals surface area contributed by atoms with Gasteiger partial charge in [0.1, 0.15) is 0 Å². The van der Waals surface area contributed by atoms with Crippen LogP contribution in [-0.4, -0.2) is 59.0 Å². The summed E-state index contributed by atoms with van der Waals surface area (Å²) in [5, 5.41) is 0.780. The smallest absolute Gasteiger partial charge is 0.0543 e. The minimum atomic E-state index is 0.780. The summed E-state index contributed by atoms with van der Waals surface area (Å²) < 4.78 is 0. The van der Waals surface area contributed by atoms with Crippen molar-refractivity contribution in [2.24, 2.45) is 0 Å². The Hall–Kier alpha value is -0.580. The number of aromatic nitrogens is 1. The SMILES string of the molecule is CSC(C)CCN1CCCN(Cc2ccccn2)CC1. The molecule has 0 radical (unpaired) electrons. The standard InChI is InChI=1S/C16H27N3S/c1-15(20-2)7-11-18-9-5-10-19(13-12-18)14-16-6-3-4-8-17-16/h3-4,6,8,15H,5,7,9-14H2,1-2H3. The van der Waals surface area contributed by atoms with E-state index in [1.54, 1.807) is 0 Å². The fourth-order valence-electron chi connectivity index (χ4n) is 2.61. The summed E-state index contributed by atoms with van der Waals surface area (Å²) in [7, 11) is 0. The van der Waals surface area contributed by atoms with E-state index in [4.69, 9.17) is 0 Å². The van der Waals surface area contributed by atoms with Crippen LogP contribution in [0.5, 0.6) is 0 Å². The van der Waals surface area contributed by atoms with E-state index in [2.05, 4.69) is 40.1 Å². The number of hydrogen-bond acceptors (Lipinski definition) is 4. The van der Waals surface area contributed by atoms with Gasteiger partial charge in [0.25, 0.3) is 0 Å². The second-order valence-corrected chi connectivity index (χ2v) is 6.90. The molecule has 20 heavy (non-hydrogen) atoms. The molecular formula is C16H27N3S. The van der Waals surface area contributed by atoms with Crippen molar-refractivity contribution < 1.29 is 0 Å². The van der Waals surface area contributed by atoms with Gasteiger partial charge in [0, 0.05) is 31.1 Å². The average Bonchev–Trinajstić information content (AvgIpc) is 2.71. The molecule has 0 bridgehead atoms. The van der Waals surface area contributed by atoms with Crippen molar-refractivity contribution in [1.82, 2.24) is 14.8 Å². The molecule has 1 aromatic heterocycles. The van der Waals surface area contributed by atoms with Crippen molar-refractivity contribution in [3.05, 3.63) is 30.1 Å². The first-order chi connectivity index (χ1) is 9.78. The highest BCUT2D eigenvalue weighted by Crippen LogP contribution is 2.12. The summed E-state index contributed by atoms with van der Waals surface area (Å²) in [6.45, 7) is 9.40. The molecule has 4 heteroatoms. The first kappa shape index (κ1) is 15.8. The summed E-state index contributed by atoms with van der Waals surface area (Å²) in [4.78, 5) is 9.61. The molecule has 2 rings (SSSR count). The largest absolute Gasteiger partial charge is 0.302 e. The second kappa shape index (κ2) is 8.65. The van der Waals surface area contributed by atoms with Gasteiger partial charge in [-0.15, -0.1) is 0 Å². The molecule has 1 aromatic rings. The Morgan fingerprint density at radius 2 is 2.00 bits per heavy atom. The van der Waals surface area contributed by atoms with E-state index >= 15 is 0 Å². The van der Waals surface area contributed by atoms with Gasteiger partial charge in [-0.2, -0.15) is 11.8 Å². The number of hydrogen-bond donors (Lipinski definition) is 0. The summed E-state index contributed by atoms with van der Waals surface area (Å²) >= 11 is 1.98. The number of nitrogens with zero attached hydrogens (tertiary/aromatic N) is 3. The van der Waals surface area contributed by atoms with Crippen LogP contribution in [0.1, 0.15) is 25.5 Å². The Morgan fingerprint density at radius 3 is 2.75 bits per heavy atom. The van der Waals surface area contributed by atoms with Crippen LogP contribution < -0.4 is 0 Å². The third kappa shape index (κ3) is 5.43. The quantitative estimate of drug-likeness (QED) is 0.803. The monoisotopic (exact) mass is 293 g/mol. The van der Waals surface area contributed by atoms with Crippen molar-refractivity contribution >= 4 is 11.8 Å². The third-order valence-corrected chi connectivity index (χ3v) is 5.09. The van der Waals surface area contributed by atoms with Crippen LogP contribution in [0.25, 0.3) is 0 Å². The molecule has 0 saturated carbocycles. The number of thioether (sulfide) groups is 1. The fourth-order valence-corrected chi connectivity index (χ4v) is 2.95. The van der Waals surface area contributed by atoms with Gasteiger partial charge >= 0.3 is 0 Å². The molecule has 1 aliphatic heterocycles. The zero-order valence-electron chi connectivity index (χ0n) is 12.8. The van der Waals surface area contributed by atoms with Gasteiger partial charge < -0.3 is 4.90 Å². The molecule has 3 nitrogen and oxygen atoms in total. The first-order valence-electron chi connectivity index (χ1n) is 7.65. The molecule has 1 aliphatic rings. The summed E-state index contributed by atoms with van der Waals surface area (Å²) in [6, 6.07) is 6.19. The maximum atomic E-state index is 4.44. The van der Waals surface area contributed by atoms with Crippen molar-refractivity contribution in [3.8, 4) is 0 Å². The van der Waals surface area contributed by atoms with Crippen LogP contribution in [-0.2, 0) is 6.54 Å². The van der Waals surface area contributed by atoms with Gasteiger partial charge in [0.05, 0.1) is 5.69 Å². The highest BCUT2D eigenvalue weighted by Gasteiger charge is 2.15. The maximum Gasteiger partial charge on any atom is 0.0543 e. The van der Waals surface area contributed by atoms with Crippen LogP contribution in [0.3, 0.4) is 0 Å². The van der Waals surface area contributed by atoms with Crippen LogP contribution in [0.4, 0.5) is 0 Å². The molecule has 0 aliphatic carbocycles. The van der Waals surface area contributed by atoms with Crippen LogP contribution >= 0.6 is 11.8 Å². The molecule has 1 saturated heterocycles. The maximum absolute atomic E-state index is 4.44. The lowest BCUT2D eigenvalue weighted by atomic mass is 10.3. The Labute approximate surface area is 127 Å². The fraction of sp³-hybridized carbons (Fsp3) is 0.688. The Bertz CT molecular complexity index is 371. The van der Waals surface area contributed by atoms with Crippen LogP contribution in [0.15, 0.2) is 24.4 Å². The zero-order valence-corrected chi connectivity index (χ0v) is 13.6. The normalized spacial score (nSPS) is 19.7. The van der Waals surface area contributed by atoms with Gasteiger partial charge in [-0.25, -0.2) is 0 Å². The second-order valence-electron chi connectivity index (χ2n) is 5.63. The molecule has 1 atom stereocenters. The predicted molar refractivity (Wildman–Crippen MR) is 88.2 cm³/mol. The van der Waals surface area contributed by atoms with Crippen LogP contribution in [0, 0.1) is 0 Å². The number of pyridine rings is 1. The lowest BCUT2D eigenvalue weighted by molar-refractivity contribution is 0.248. The van der Waals surface area contributed by atoms with Gasteiger partial charge in [-0.3, -0.25) is 9.88 Å². The molecular weight excluding hydrogens is 266 g/mol. The predicted octanol–water partition coefficient (Wildman–Crippen LogP) is 2.73. The molecule has 1 fully saturated rings. The lowest BCUT2D eigenvalue weighted by Gasteiger charge is -2.22. The molecule has 112 valence electrons. The summed E-state index contributed by atoms with van der Waals surface area (Å²) in [5.41, 5.74) is 1.19. The highest BCUT2D eigenvalue weighted by atomic mass is 32.2. The van der Waals surface area contributed by atoms with Gasteiger partial charge in [0.2, 0.25) is 0 Å². The van der Waals surface area contributed by atoms with Crippen LogP contribution in [0.2, 0.25) is 0 Å². The minimum absolute atomic E-state index is 0.780. The Balaban J connectivity index is 1.74. The van der Waals surface area contributed by atoms with E-state index in [1.807, 2.05) is 24.0 Å². The molecule has 1 unspecified atom stereocenters. The highest BCUT2D eigenvalue weighted by molar-refractivity contribution is 7.99. The topological polar surface area (TPSA) is 19.4 Å². The van der Waals surface area contributed by atoms with E-state index in [1.165, 1.54) is 51.3 Å². The molecule has 0 aromatic carbocycles. The minimum Gasteiger partial charge on any atom is -0.302 e. The Kier molecular flexibility index (Phi) is 6.83. The lowest BCUT2D eigenvalue weighted by Crippen LogP contribution is -2.32. The van der Waals surface area contributed by atoms with Gasteiger partial charge in [-0.1, -0.05) is 13.0 Å². The van der Waals surface area contributed by atoms with Crippen molar-refractivity contribution in [2.75, 3.05) is 39.0 Å². The van der Waals surface area contributed by atoms with E-state index in [9.17, 15) is 0 Å². The summed E-state index contributed by atoms with van der Waals surface area (Å²) in [5.74, 6) is 0. The third-order valence-electron chi connectivity index (χ3n) is 4.05. The van der Waals surface area contributed by atoms with E-state index in [0.717, 1.165) is 11.8 Å². The summed E-state index contributed by atoms with van der Waals surface area (Å²) in [6.07, 6.45) is 6.69. The molecule has 0 spiro atoms. The van der Waals surface area contributed by atoms with Gasteiger partial charge in [-0.05, 0) is 50.9 Å². The zero-order chi connectivity index (χ0) is 14.2. The van der Waals surface area contributed by atoms with Gasteiger partial charge in [0.15, 0.2) is 0 Å². The first-order valence-corrected chi connectivity index (χ1v) is 8.94. The molecule has 0 amide bonds. The number of rotatable bonds is 6. The Morgan fingerprint density at radius 1 is 1.20 bits per heavy atom. The molecule has 0 N–H and O–H groups in total. The average molecular weight is 293 g/mol. The van der Waals surface area contributed by atoms with Crippen molar-refractivity contribution in [3.63, 3.8) is 0 Å².